The molecule has 0 aliphatic heterocycles. The molecule has 0 saturated carbocycles. The summed E-state index contributed by atoms with van der Waals surface area (Å²) in [5.41, 5.74) is 2.74. The molecule has 3 nitrogen and oxygen atoms in total. The lowest BCUT2D eigenvalue weighted by Crippen LogP contribution is -2.08. The van der Waals surface area contributed by atoms with Crippen LogP contribution in [0.5, 0.6) is 0 Å². The second-order valence-electron chi connectivity index (χ2n) is 6.81. The third-order valence-corrected chi connectivity index (χ3v) is 6.54. The van der Waals surface area contributed by atoms with Gasteiger partial charge in [-0.3, -0.25) is 0 Å². The molecular formula is C23H29N3S2. The molecule has 28 heavy (non-hydrogen) atoms. The number of thioether (sulfide) groups is 1. The summed E-state index contributed by atoms with van der Waals surface area (Å²) in [5.74, 6) is 0. The first-order chi connectivity index (χ1) is 13.7. The second-order valence-corrected chi connectivity index (χ2v) is 9.15. The molecule has 0 atom stereocenters. The maximum absolute atomic E-state index is 4.49. The number of hydrogen-bond acceptors (Lipinski definition) is 5. The Kier molecular flexibility index (Phi) is 8.24. The molecule has 148 valence electrons. The first kappa shape index (κ1) is 20.7. The Bertz CT molecular complexity index is 825. The highest BCUT2D eigenvalue weighted by Crippen LogP contribution is 2.30. The van der Waals surface area contributed by atoms with Crippen LogP contribution in [0.4, 0.5) is 5.13 Å². The summed E-state index contributed by atoms with van der Waals surface area (Å²) in [6.45, 7) is 7.88. The molecule has 0 spiro atoms. The SMILES string of the molecule is C=C(NCc1cnc(NCC2=CCCC=C2)s1)S/C(=C\C)CC1=CCCC=C1. The summed E-state index contributed by atoms with van der Waals surface area (Å²) in [4.78, 5) is 7.02. The molecular weight excluding hydrogens is 382 g/mol. The number of nitrogens with zero attached hydrogens (tertiary/aromatic N) is 1. The number of hydrogen-bond donors (Lipinski definition) is 2. The van der Waals surface area contributed by atoms with Crippen molar-refractivity contribution in [2.24, 2.45) is 0 Å². The molecule has 5 heteroatoms. The Morgan fingerprint density at radius 2 is 1.89 bits per heavy atom. The molecule has 0 saturated heterocycles. The molecule has 0 fully saturated rings. The lowest BCUT2D eigenvalue weighted by molar-refractivity contribution is 0.872. The van der Waals surface area contributed by atoms with E-state index < -0.39 is 0 Å². The summed E-state index contributed by atoms with van der Waals surface area (Å²) in [5, 5.41) is 8.80. The Hall–Kier alpha value is -1.98. The number of rotatable bonds is 10. The van der Waals surface area contributed by atoms with Gasteiger partial charge in [-0.05, 0) is 48.7 Å². The van der Waals surface area contributed by atoms with Gasteiger partial charge in [0.25, 0.3) is 0 Å². The molecule has 1 aromatic heterocycles. The minimum absolute atomic E-state index is 0.757. The van der Waals surface area contributed by atoms with Crippen molar-refractivity contribution in [2.45, 2.75) is 45.6 Å². The van der Waals surface area contributed by atoms with E-state index in [1.807, 2.05) is 6.20 Å². The standard InChI is InChI=1S/C23H29N3S2/c1-3-21(14-19-10-6-4-7-11-19)27-18(2)24-16-22-17-26-23(28-22)25-15-20-12-8-5-9-13-20/h3,6,8,10-13,17,24H,2,4-5,7,9,14-16H2,1H3,(H,25,26)/b21-3-. The molecule has 0 unspecified atom stereocenters. The zero-order valence-electron chi connectivity index (χ0n) is 16.5. The van der Waals surface area contributed by atoms with Crippen LogP contribution in [0.25, 0.3) is 0 Å². The van der Waals surface area contributed by atoms with E-state index in [-0.39, 0.29) is 0 Å². The van der Waals surface area contributed by atoms with Crippen LogP contribution in [0, 0.1) is 0 Å². The first-order valence-corrected chi connectivity index (χ1v) is 11.5. The third kappa shape index (κ3) is 6.88. The van der Waals surface area contributed by atoms with Crippen LogP contribution in [-0.2, 0) is 6.54 Å². The van der Waals surface area contributed by atoms with Gasteiger partial charge >= 0.3 is 0 Å². The molecule has 0 bridgehead atoms. The fraction of sp³-hybridized carbons (Fsp3) is 0.348. The van der Waals surface area contributed by atoms with Crippen LogP contribution in [-0.4, -0.2) is 11.5 Å². The molecule has 0 radical (unpaired) electrons. The first-order valence-electron chi connectivity index (χ1n) is 9.88. The predicted octanol–water partition coefficient (Wildman–Crippen LogP) is 6.70. The van der Waals surface area contributed by atoms with Crippen LogP contribution >= 0.6 is 23.1 Å². The third-order valence-electron chi connectivity index (χ3n) is 4.56. The van der Waals surface area contributed by atoms with Gasteiger partial charge in [0.1, 0.15) is 0 Å². The van der Waals surface area contributed by atoms with Gasteiger partial charge in [-0.25, -0.2) is 4.98 Å². The minimum atomic E-state index is 0.757. The van der Waals surface area contributed by atoms with Crippen LogP contribution in [0.3, 0.4) is 0 Å². The van der Waals surface area contributed by atoms with Crippen LogP contribution in [0.1, 0.15) is 43.9 Å². The Morgan fingerprint density at radius 1 is 1.14 bits per heavy atom. The van der Waals surface area contributed by atoms with Gasteiger partial charge in [0.2, 0.25) is 0 Å². The van der Waals surface area contributed by atoms with E-state index in [0.29, 0.717) is 0 Å². The summed E-state index contributed by atoms with van der Waals surface area (Å²) in [7, 11) is 0. The maximum Gasteiger partial charge on any atom is 0.183 e. The summed E-state index contributed by atoms with van der Waals surface area (Å²) in [6.07, 6.45) is 23.3. The van der Waals surface area contributed by atoms with Gasteiger partial charge in [0.05, 0.1) is 11.6 Å². The van der Waals surface area contributed by atoms with Crippen LogP contribution in [0.2, 0.25) is 0 Å². The highest BCUT2D eigenvalue weighted by molar-refractivity contribution is 8.06. The highest BCUT2D eigenvalue weighted by atomic mass is 32.2. The number of nitrogens with one attached hydrogen (secondary N) is 2. The fourth-order valence-electron chi connectivity index (χ4n) is 3.02. The van der Waals surface area contributed by atoms with E-state index in [0.717, 1.165) is 55.4 Å². The van der Waals surface area contributed by atoms with Crippen molar-refractivity contribution in [3.63, 3.8) is 0 Å². The van der Waals surface area contributed by atoms with E-state index in [2.05, 4.69) is 71.7 Å². The zero-order chi connectivity index (χ0) is 19.6. The van der Waals surface area contributed by atoms with Gasteiger partial charge in [-0.15, -0.1) is 11.3 Å². The Morgan fingerprint density at radius 3 is 2.57 bits per heavy atom. The number of aromatic nitrogens is 1. The van der Waals surface area contributed by atoms with E-state index >= 15 is 0 Å². The van der Waals surface area contributed by atoms with E-state index in [1.165, 1.54) is 20.9 Å². The van der Waals surface area contributed by atoms with Crippen molar-refractivity contribution in [3.05, 3.63) is 81.3 Å². The monoisotopic (exact) mass is 411 g/mol. The van der Waals surface area contributed by atoms with Crippen molar-refractivity contribution in [3.8, 4) is 0 Å². The fourth-order valence-corrected chi connectivity index (χ4v) is 4.59. The average Bonchev–Trinajstić information content (AvgIpc) is 3.20. The highest BCUT2D eigenvalue weighted by Gasteiger charge is 2.07. The van der Waals surface area contributed by atoms with E-state index in [4.69, 9.17) is 0 Å². The second kappa shape index (κ2) is 11.1. The minimum Gasteiger partial charge on any atom is -0.375 e. The van der Waals surface area contributed by atoms with Gasteiger partial charge in [-0.2, -0.15) is 0 Å². The smallest absolute Gasteiger partial charge is 0.183 e. The quantitative estimate of drug-likeness (QED) is 0.449. The predicted molar refractivity (Wildman–Crippen MR) is 125 cm³/mol. The van der Waals surface area contributed by atoms with Gasteiger partial charge in [0.15, 0.2) is 5.13 Å². The Balaban J connectivity index is 1.41. The van der Waals surface area contributed by atoms with E-state index in [1.54, 1.807) is 23.1 Å². The summed E-state index contributed by atoms with van der Waals surface area (Å²) in [6, 6.07) is 0. The van der Waals surface area contributed by atoms with Crippen LogP contribution < -0.4 is 10.6 Å². The van der Waals surface area contributed by atoms with Crippen molar-refractivity contribution in [1.29, 1.82) is 0 Å². The maximum atomic E-state index is 4.49. The lowest BCUT2D eigenvalue weighted by atomic mass is 10.0. The number of thiazole rings is 1. The average molecular weight is 412 g/mol. The molecule has 2 aliphatic rings. The van der Waals surface area contributed by atoms with E-state index in [9.17, 15) is 0 Å². The zero-order valence-corrected chi connectivity index (χ0v) is 18.2. The number of allylic oxidation sites excluding steroid dienone is 8. The molecule has 0 amide bonds. The molecule has 2 aliphatic carbocycles. The lowest BCUT2D eigenvalue weighted by Gasteiger charge is -2.13. The number of anilines is 1. The molecule has 3 rings (SSSR count). The van der Waals surface area contributed by atoms with Crippen LogP contribution in [0.15, 0.2) is 76.4 Å². The molecule has 1 aromatic rings. The van der Waals surface area contributed by atoms with Gasteiger partial charge in [-0.1, -0.05) is 60.9 Å². The normalized spacial score (nSPS) is 16.5. The molecule has 0 aromatic carbocycles. The summed E-state index contributed by atoms with van der Waals surface area (Å²) >= 11 is 3.43. The largest absolute Gasteiger partial charge is 0.375 e. The Labute approximate surface area is 177 Å². The van der Waals surface area contributed by atoms with Crippen molar-refractivity contribution >= 4 is 28.2 Å². The van der Waals surface area contributed by atoms with Gasteiger partial charge < -0.3 is 10.6 Å². The molecule has 1 heterocycles. The topological polar surface area (TPSA) is 37.0 Å². The van der Waals surface area contributed by atoms with Gasteiger partial charge in [0, 0.05) is 24.0 Å². The van der Waals surface area contributed by atoms with Crippen molar-refractivity contribution in [1.82, 2.24) is 10.3 Å². The van der Waals surface area contributed by atoms with Crippen molar-refractivity contribution < 1.29 is 0 Å². The molecule has 2 N–H and O–H groups in total. The van der Waals surface area contributed by atoms with Crippen molar-refractivity contribution in [2.75, 3.05) is 11.9 Å². The summed E-state index contributed by atoms with van der Waals surface area (Å²) < 4.78 is 0.